The predicted octanol–water partition coefficient (Wildman–Crippen LogP) is 4.00. The summed E-state index contributed by atoms with van der Waals surface area (Å²) >= 11 is 1.26. The van der Waals surface area contributed by atoms with Crippen LogP contribution in [0.4, 0.5) is 5.69 Å². The monoisotopic (exact) mass is 304 g/mol. The zero-order valence-electron chi connectivity index (χ0n) is 11.6. The van der Waals surface area contributed by atoms with Crippen molar-refractivity contribution >= 4 is 28.4 Å². The molecule has 1 aliphatic rings. The van der Waals surface area contributed by atoms with Crippen molar-refractivity contribution in [3.05, 3.63) is 72.1 Å². The van der Waals surface area contributed by atoms with Gasteiger partial charge in [0.1, 0.15) is 11.0 Å². The minimum Gasteiger partial charge on any atom is -0.371 e. The van der Waals surface area contributed by atoms with Crippen molar-refractivity contribution in [2.75, 3.05) is 5.32 Å². The molecule has 0 saturated heterocycles. The maximum atomic E-state index is 4.36. The molecule has 0 fully saturated rings. The van der Waals surface area contributed by atoms with Crippen molar-refractivity contribution in [2.24, 2.45) is 0 Å². The second-order valence-corrected chi connectivity index (χ2v) is 5.94. The zero-order valence-corrected chi connectivity index (χ0v) is 12.4. The number of nitrogens with zero attached hydrogens (tertiary/aromatic N) is 3. The van der Waals surface area contributed by atoms with Gasteiger partial charge in [0.15, 0.2) is 0 Å². The first-order chi connectivity index (χ1) is 10.9. The molecule has 0 radical (unpaired) electrons. The second-order valence-electron chi connectivity index (χ2n) is 5.41. The van der Waals surface area contributed by atoms with Gasteiger partial charge in [-0.15, -0.1) is 0 Å². The smallest absolute Gasteiger partial charge is 0.105 e. The van der Waals surface area contributed by atoms with Crippen LogP contribution >= 0.6 is 11.7 Å². The first kappa shape index (κ1) is 11.9. The van der Waals surface area contributed by atoms with Gasteiger partial charge >= 0.3 is 0 Å². The summed E-state index contributed by atoms with van der Waals surface area (Å²) in [6.07, 6.45) is 2.12. The Balaban J connectivity index is 1.70. The highest BCUT2D eigenvalue weighted by Gasteiger charge is 2.24. The van der Waals surface area contributed by atoms with E-state index in [1.165, 1.54) is 28.7 Å². The molecule has 5 heteroatoms. The molecule has 1 aliphatic heterocycles. The fourth-order valence-corrected chi connectivity index (χ4v) is 3.63. The van der Waals surface area contributed by atoms with Crippen LogP contribution in [0.5, 0.6) is 0 Å². The molecule has 4 aromatic rings. The second kappa shape index (κ2) is 4.42. The first-order valence-corrected chi connectivity index (χ1v) is 7.88. The highest BCUT2D eigenvalue weighted by molar-refractivity contribution is 7.00. The Morgan fingerprint density at radius 2 is 1.86 bits per heavy atom. The average Bonchev–Trinajstić information content (AvgIpc) is 3.22. The number of anilines is 1. The summed E-state index contributed by atoms with van der Waals surface area (Å²) in [4.78, 5) is 0. The maximum Gasteiger partial charge on any atom is 0.105 e. The fourth-order valence-electron chi connectivity index (χ4n) is 3.12. The number of aromatic nitrogens is 3. The van der Waals surface area contributed by atoms with Gasteiger partial charge in [-0.05, 0) is 42.0 Å². The van der Waals surface area contributed by atoms with Gasteiger partial charge in [0, 0.05) is 11.9 Å². The van der Waals surface area contributed by atoms with Crippen molar-refractivity contribution in [1.29, 1.82) is 0 Å². The Morgan fingerprint density at radius 3 is 2.86 bits per heavy atom. The Labute approximate surface area is 131 Å². The molecule has 4 nitrogen and oxygen atoms in total. The molecule has 0 saturated carbocycles. The number of para-hydroxylation sites is 2. The molecule has 0 bridgehead atoms. The van der Waals surface area contributed by atoms with E-state index in [-0.39, 0.29) is 6.04 Å². The predicted molar refractivity (Wildman–Crippen MR) is 88.6 cm³/mol. The summed E-state index contributed by atoms with van der Waals surface area (Å²) in [7, 11) is 0. The van der Waals surface area contributed by atoms with Gasteiger partial charge in [-0.25, -0.2) is 0 Å². The van der Waals surface area contributed by atoms with Crippen LogP contribution < -0.4 is 5.32 Å². The lowest BCUT2D eigenvalue weighted by Crippen LogP contribution is -2.21. The molecule has 2 aromatic heterocycles. The van der Waals surface area contributed by atoms with Gasteiger partial charge in [0.05, 0.1) is 29.1 Å². The topological polar surface area (TPSA) is 42.7 Å². The van der Waals surface area contributed by atoms with E-state index in [9.17, 15) is 0 Å². The Kier molecular flexibility index (Phi) is 2.40. The van der Waals surface area contributed by atoms with Gasteiger partial charge in [-0.1, -0.05) is 18.2 Å². The third-order valence-corrected chi connectivity index (χ3v) is 4.71. The summed E-state index contributed by atoms with van der Waals surface area (Å²) in [5, 5.41) is 3.65. The van der Waals surface area contributed by atoms with E-state index in [1.54, 1.807) is 0 Å². The van der Waals surface area contributed by atoms with Crippen LogP contribution in [0.25, 0.3) is 16.7 Å². The summed E-state index contributed by atoms with van der Waals surface area (Å²) < 4.78 is 10.9. The first-order valence-electron chi connectivity index (χ1n) is 7.15. The molecule has 2 aromatic carbocycles. The number of hydrogen-bond acceptors (Lipinski definition) is 4. The van der Waals surface area contributed by atoms with Crippen LogP contribution in [-0.4, -0.2) is 13.3 Å². The Bertz CT molecular complexity index is 985. The SMILES string of the molecule is c1ccc2c(c1)NC(c1ccc3nsnc3c1)c1cccn1-2. The molecule has 3 heterocycles. The number of rotatable bonds is 1. The van der Waals surface area contributed by atoms with Crippen LogP contribution in [0.15, 0.2) is 60.8 Å². The summed E-state index contributed by atoms with van der Waals surface area (Å²) in [6, 6.07) is 19.1. The van der Waals surface area contributed by atoms with Crippen LogP contribution in [0.3, 0.4) is 0 Å². The summed E-state index contributed by atoms with van der Waals surface area (Å²) in [5.74, 6) is 0. The maximum absolute atomic E-state index is 4.36. The molecule has 0 aliphatic carbocycles. The third-order valence-electron chi connectivity index (χ3n) is 4.15. The molecular weight excluding hydrogens is 292 g/mol. The lowest BCUT2D eigenvalue weighted by molar-refractivity contribution is 0.811. The quantitative estimate of drug-likeness (QED) is 0.578. The minimum atomic E-state index is 0.121. The molecule has 0 spiro atoms. The Hall–Kier alpha value is -2.66. The molecule has 1 atom stereocenters. The van der Waals surface area contributed by atoms with Crippen molar-refractivity contribution in [3.8, 4) is 5.69 Å². The van der Waals surface area contributed by atoms with Gasteiger partial charge < -0.3 is 9.88 Å². The van der Waals surface area contributed by atoms with E-state index < -0.39 is 0 Å². The van der Waals surface area contributed by atoms with Crippen molar-refractivity contribution in [1.82, 2.24) is 13.3 Å². The van der Waals surface area contributed by atoms with E-state index in [0.29, 0.717) is 0 Å². The Morgan fingerprint density at radius 1 is 0.955 bits per heavy atom. The van der Waals surface area contributed by atoms with E-state index in [2.05, 4.69) is 73.4 Å². The highest BCUT2D eigenvalue weighted by atomic mass is 32.1. The molecule has 1 N–H and O–H groups in total. The van der Waals surface area contributed by atoms with E-state index in [1.807, 2.05) is 6.07 Å². The van der Waals surface area contributed by atoms with E-state index in [0.717, 1.165) is 16.7 Å². The van der Waals surface area contributed by atoms with Crippen molar-refractivity contribution in [3.63, 3.8) is 0 Å². The molecule has 1 unspecified atom stereocenters. The van der Waals surface area contributed by atoms with Crippen molar-refractivity contribution in [2.45, 2.75) is 6.04 Å². The largest absolute Gasteiger partial charge is 0.371 e. The number of benzene rings is 2. The fraction of sp³-hybridized carbons (Fsp3) is 0.0588. The average molecular weight is 304 g/mol. The summed E-state index contributed by atoms with van der Waals surface area (Å²) in [6.45, 7) is 0. The van der Waals surface area contributed by atoms with Crippen LogP contribution in [-0.2, 0) is 0 Å². The van der Waals surface area contributed by atoms with Gasteiger partial charge in [0.25, 0.3) is 0 Å². The molecule has 22 heavy (non-hydrogen) atoms. The molecular formula is C17H12N4S. The minimum absolute atomic E-state index is 0.121. The van der Waals surface area contributed by atoms with Crippen LogP contribution in [0.2, 0.25) is 0 Å². The standard InChI is InChI=1S/C17H12N4S/c1-2-5-15-13(4-1)18-17(16-6-3-9-21(15)16)11-7-8-12-14(10-11)20-22-19-12/h1-10,17-18H. The number of fused-ring (bicyclic) bond motifs is 4. The van der Waals surface area contributed by atoms with Crippen LogP contribution in [0, 0.1) is 0 Å². The molecule has 5 rings (SSSR count). The van der Waals surface area contributed by atoms with Gasteiger partial charge in [-0.2, -0.15) is 8.75 Å². The third kappa shape index (κ3) is 1.63. The lowest BCUT2D eigenvalue weighted by atomic mass is 10.00. The van der Waals surface area contributed by atoms with Crippen molar-refractivity contribution < 1.29 is 0 Å². The van der Waals surface area contributed by atoms with E-state index >= 15 is 0 Å². The summed E-state index contributed by atoms with van der Waals surface area (Å²) in [5.41, 5.74) is 6.69. The zero-order chi connectivity index (χ0) is 14.5. The van der Waals surface area contributed by atoms with E-state index in [4.69, 9.17) is 0 Å². The van der Waals surface area contributed by atoms with Crippen LogP contribution in [0.1, 0.15) is 17.3 Å². The van der Waals surface area contributed by atoms with Gasteiger partial charge in [-0.3, -0.25) is 0 Å². The highest BCUT2D eigenvalue weighted by Crippen LogP contribution is 2.37. The normalized spacial score (nSPS) is 16.1. The van der Waals surface area contributed by atoms with Gasteiger partial charge in [0.2, 0.25) is 0 Å². The lowest BCUT2D eigenvalue weighted by Gasteiger charge is -2.29. The number of nitrogens with one attached hydrogen (secondary N) is 1. The molecule has 0 amide bonds. The molecule has 106 valence electrons. The number of hydrogen-bond donors (Lipinski definition) is 1.